The molecular weight excluding hydrogens is 216 g/mol. The summed E-state index contributed by atoms with van der Waals surface area (Å²) in [6.07, 6.45) is 0.261. The lowest BCUT2D eigenvalue weighted by molar-refractivity contribution is -0.127. The topological polar surface area (TPSA) is 72.2 Å². The average molecular weight is 234 g/mol. The minimum Gasteiger partial charge on any atom is -0.368 e. The number of nitrogens with one attached hydrogen (secondary N) is 1. The van der Waals surface area contributed by atoms with E-state index in [4.69, 9.17) is 5.73 Å². The van der Waals surface area contributed by atoms with Crippen LogP contribution in [0.2, 0.25) is 0 Å². The van der Waals surface area contributed by atoms with Gasteiger partial charge in [0.05, 0.1) is 6.42 Å². The molecule has 0 aliphatic rings. The lowest BCUT2D eigenvalue weighted by Crippen LogP contribution is -2.48. The third-order valence-corrected chi connectivity index (χ3v) is 2.50. The second-order valence-electron chi connectivity index (χ2n) is 4.35. The van der Waals surface area contributed by atoms with Crippen molar-refractivity contribution in [2.45, 2.75) is 26.3 Å². The molecule has 1 aromatic carbocycles. The summed E-state index contributed by atoms with van der Waals surface area (Å²) >= 11 is 0. The predicted molar refractivity (Wildman–Crippen MR) is 66.1 cm³/mol. The molecule has 0 heterocycles. The molecule has 0 fully saturated rings. The Morgan fingerprint density at radius 2 is 1.82 bits per heavy atom. The van der Waals surface area contributed by atoms with Crippen molar-refractivity contribution in [3.8, 4) is 0 Å². The van der Waals surface area contributed by atoms with E-state index in [-0.39, 0.29) is 18.2 Å². The number of rotatable bonds is 5. The molecule has 0 aliphatic heterocycles. The van der Waals surface area contributed by atoms with Crippen molar-refractivity contribution in [2.75, 3.05) is 0 Å². The molecule has 92 valence electrons. The summed E-state index contributed by atoms with van der Waals surface area (Å²) in [5.41, 5.74) is 6.14. The fraction of sp³-hybridized carbons (Fsp3) is 0.385. The normalized spacial score (nSPS) is 12.2. The summed E-state index contributed by atoms with van der Waals surface area (Å²) < 4.78 is 0. The van der Waals surface area contributed by atoms with Crippen LogP contribution in [0, 0.1) is 5.92 Å². The molecule has 0 saturated heterocycles. The monoisotopic (exact) mass is 234 g/mol. The molecule has 0 saturated carbocycles. The van der Waals surface area contributed by atoms with Gasteiger partial charge in [-0.05, 0) is 11.5 Å². The Morgan fingerprint density at radius 1 is 1.24 bits per heavy atom. The predicted octanol–water partition coefficient (Wildman–Crippen LogP) is 0.855. The van der Waals surface area contributed by atoms with E-state index in [0.29, 0.717) is 0 Å². The van der Waals surface area contributed by atoms with Crippen molar-refractivity contribution < 1.29 is 9.59 Å². The second-order valence-corrected chi connectivity index (χ2v) is 4.35. The first-order valence-corrected chi connectivity index (χ1v) is 5.63. The SMILES string of the molecule is CC(C)C(NC(=O)Cc1ccccc1)C(N)=O. The van der Waals surface area contributed by atoms with Gasteiger partial charge >= 0.3 is 0 Å². The molecule has 2 amide bonds. The van der Waals surface area contributed by atoms with Crippen LogP contribution in [0.15, 0.2) is 30.3 Å². The van der Waals surface area contributed by atoms with E-state index in [1.807, 2.05) is 44.2 Å². The Bertz CT molecular complexity index is 388. The van der Waals surface area contributed by atoms with Gasteiger partial charge in [0.1, 0.15) is 6.04 Å². The largest absolute Gasteiger partial charge is 0.368 e. The molecule has 17 heavy (non-hydrogen) atoms. The molecule has 0 spiro atoms. The molecule has 1 unspecified atom stereocenters. The Balaban J connectivity index is 2.57. The maximum atomic E-state index is 11.7. The molecule has 0 radical (unpaired) electrons. The van der Waals surface area contributed by atoms with Crippen molar-refractivity contribution in [1.82, 2.24) is 5.32 Å². The van der Waals surface area contributed by atoms with Gasteiger partial charge in [-0.2, -0.15) is 0 Å². The lowest BCUT2D eigenvalue weighted by Gasteiger charge is -2.18. The summed E-state index contributed by atoms with van der Waals surface area (Å²) in [6.45, 7) is 3.69. The minimum atomic E-state index is -0.605. The first-order chi connectivity index (χ1) is 8.00. The van der Waals surface area contributed by atoms with Crippen molar-refractivity contribution in [3.63, 3.8) is 0 Å². The third kappa shape index (κ3) is 4.26. The fourth-order valence-electron chi connectivity index (χ4n) is 1.57. The molecule has 3 N–H and O–H groups in total. The number of amides is 2. The number of carbonyl (C=O) groups is 2. The number of carbonyl (C=O) groups excluding carboxylic acids is 2. The average Bonchev–Trinajstić information content (AvgIpc) is 2.26. The Kier molecular flexibility index (Phi) is 4.69. The van der Waals surface area contributed by atoms with Crippen LogP contribution in [0.3, 0.4) is 0 Å². The maximum Gasteiger partial charge on any atom is 0.240 e. The maximum absolute atomic E-state index is 11.7. The molecule has 1 aromatic rings. The van der Waals surface area contributed by atoms with Gasteiger partial charge in [0.25, 0.3) is 0 Å². The van der Waals surface area contributed by atoms with E-state index >= 15 is 0 Å². The Labute approximate surface area is 101 Å². The van der Waals surface area contributed by atoms with Crippen LogP contribution in [0.4, 0.5) is 0 Å². The van der Waals surface area contributed by atoms with Gasteiger partial charge in [-0.25, -0.2) is 0 Å². The number of primary amides is 1. The summed E-state index contributed by atoms with van der Waals surface area (Å²) in [5.74, 6) is -0.692. The summed E-state index contributed by atoms with van der Waals surface area (Å²) in [5, 5.41) is 2.65. The summed E-state index contributed by atoms with van der Waals surface area (Å²) in [4.78, 5) is 22.8. The third-order valence-electron chi connectivity index (χ3n) is 2.50. The van der Waals surface area contributed by atoms with Gasteiger partial charge in [0, 0.05) is 0 Å². The van der Waals surface area contributed by atoms with Crippen molar-refractivity contribution in [3.05, 3.63) is 35.9 Å². The highest BCUT2D eigenvalue weighted by atomic mass is 16.2. The van der Waals surface area contributed by atoms with Gasteiger partial charge in [-0.1, -0.05) is 44.2 Å². The molecule has 1 atom stereocenters. The van der Waals surface area contributed by atoms with Crippen LogP contribution in [-0.4, -0.2) is 17.9 Å². The van der Waals surface area contributed by atoms with Crippen LogP contribution in [-0.2, 0) is 16.0 Å². The number of nitrogens with two attached hydrogens (primary N) is 1. The van der Waals surface area contributed by atoms with Gasteiger partial charge in [0.15, 0.2) is 0 Å². The summed E-state index contributed by atoms with van der Waals surface area (Å²) in [6, 6.07) is 8.77. The highest BCUT2D eigenvalue weighted by molar-refractivity contribution is 5.87. The highest BCUT2D eigenvalue weighted by Crippen LogP contribution is 2.03. The Morgan fingerprint density at radius 3 is 2.29 bits per heavy atom. The van der Waals surface area contributed by atoms with Crippen molar-refractivity contribution in [2.24, 2.45) is 11.7 Å². The molecule has 4 nitrogen and oxygen atoms in total. The zero-order valence-electron chi connectivity index (χ0n) is 10.1. The number of hydrogen-bond donors (Lipinski definition) is 2. The van der Waals surface area contributed by atoms with Crippen molar-refractivity contribution >= 4 is 11.8 Å². The van der Waals surface area contributed by atoms with Crippen molar-refractivity contribution in [1.29, 1.82) is 0 Å². The van der Waals surface area contributed by atoms with Gasteiger partial charge in [-0.3, -0.25) is 9.59 Å². The van der Waals surface area contributed by atoms with Crippen LogP contribution in [0.1, 0.15) is 19.4 Å². The summed E-state index contributed by atoms with van der Waals surface area (Å²) in [7, 11) is 0. The zero-order valence-corrected chi connectivity index (χ0v) is 10.1. The van der Waals surface area contributed by atoms with Crippen LogP contribution in [0.5, 0.6) is 0 Å². The standard InChI is InChI=1S/C13H18N2O2/c1-9(2)12(13(14)17)15-11(16)8-10-6-4-3-5-7-10/h3-7,9,12H,8H2,1-2H3,(H2,14,17)(H,15,16). The Hall–Kier alpha value is -1.84. The molecule has 0 aromatic heterocycles. The molecule has 0 aliphatic carbocycles. The van der Waals surface area contributed by atoms with E-state index < -0.39 is 11.9 Å². The van der Waals surface area contributed by atoms with E-state index in [9.17, 15) is 9.59 Å². The zero-order chi connectivity index (χ0) is 12.8. The van der Waals surface area contributed by atoms with Gasteiger partial charge in [0.2, 0.25) is 11.8 Å². The highest BCUT2D eigenvalue weighted by Gasteiger charge is 2.21. The van der Waals surface area contributed by atoms with Gasteiger partial charge in [-0.15, -0.1) is 0 Å². The van der Waals surface area contributed by atoms with E-state index in [2.05, 4.69) is 5.32 Å². The van der Waals surface area contributed by atoms with Crippen LogP contribution >= 0.6 is 0 Å². The number of benzene rings is 1. The molecular formula is C13H18N2O2. The van der Waals surface area contributed by atoms with E-state index in [0.717, 1.165) is 5.56 Å². The van der Waals surface area contributed by atoms with Crippen LogP contribution in [0.25, 0.3) is 0 Å². The first kappa shape index (κ1) is 13.2. The molecule has 1 rings (SSSR count). The molecule has 4 heteroatoms. The van der Waals surface area contributed by atoms with E-state index in [1.165, 1.54) is 0 Å². The number of hydrogen-bond acceptors (Lipinski definition) is 2. The minimum absolute atomic E-state index is 0.00720. The van der Waals surface area contributed by atoms with E-state index in [1.54, 1.807) is 0 Å². The second kappa shape index (κ2) is 6.03. The smallest absolute Gasteiger partial charge is 0.240 e. The van der Waals surface area contributed by atoms with Crippen LogP contribution < -0.4 is 11.1 Å². The quantitative estimate of drug-likeness (QED) is 0.793. The van der Waals surface area contributed by atoms with Gasteiger partial charge < -0.3 is 11.1 Å². The molecule has 0 bridgehead atoms. The first-order valence-electron chi connectivity index (χ1n) is 5.63. The fourth-order valence-corrected chi connectivity index (χ4v) is 1.57. The lowest BCUT2D eigenvalue weighted by atomic mass is 10.0.